The van der Waals surface area contributed by atoms with Crippen LogP contribution in [0, 0.1) is 6.92 Å². The van der Waals surface area contributed by atoms with Crippen LogP contribution >= 0.6 is 0 Å². The monoisotopic (exact) mass is 574 g/mol. The number of ether oxygens (including phenoxy) is 3. The molecule has 0 aliphatic carbocycles. The smallest absolute Gasteiger partial charge is 0.407 e. The van der Waals surface area contributed by atoms with Crippen LogP contribution in [0.5, 0.6) is 5.75 Å². The molecule has 0 atom stereocenters. The van der Waals surface area contributed by atoms with E-state index in [0.29, 0.717) is 44.8 Å². The number of amides is 1. The molecule has 0 spiro atoms. The van der Waals surface area contributed by atoms with E-state index in [4.69, 9.17) is 14.2 Å². The van der Waals surface area contributed by atoms with Gasteiger partial charge in [-0.3, -0.25) is 4.79 Å². The molecule has 1 saturated heterocycles. The predicted molar refractivity (Wildman–Crippen MR) is 155 cm³/mol. The average Bonchev–Trinajstić information content (AvgIpc) is 2.89. The second-order valence-corrected chi connectivity index (χ2v) is 14.0. The molecule has 1 heterocycles. The Morgan fingerprint density at radius 2 is 1.70 bits per heavy atom. The van der Waals surface area contributed by atoms with Crippen LogP contribution < -0.4 is 10.1 Å². The zero-order valence-corrected chi connectivity index (χ0v) is 25.4. The van der Waals surface area contributed by atoms with Crippen LogP contribution in [0.3, 0.4) is 0 Å². The van der Waals surface area contributed by atoms with Gasteiger partial charge in [-0.05, 0) is 94.7 Å². The number of nitrogens with zero attached hydrogens (tertiary/aromatic N) is 1. The van der Waals surface area contributed by atoms with Gasteiger partial charge >= 0.3 is 12.1 Å². The van der Waals surface area contributed by atoms with Gasteiger partial charge in [-0.15, -0.1) is 0 Å². The molecule has 3 rings (SSSR count). The summed E-state index contributed by atoms with van der Waals surface area (Å²) in [5.41, 5.74) is 3.84. The maximum Gasteiger partial charge on any atom is 0.407 e. The molecule has 10 heteroatoms. The summed E-state index contributed by atoms with van der Waals surface area (Å²) in [5, 5.41) is 2.68. The molecule has 1 aliphatic rings. The largest absolute Gasteiger partial charge is 0.492 e. The molecule has 1 N–H and O–H groups in total. The third kappa shape index (κ3) is 7.54. The first kappa shape index (κ1) is 31.4. The minimum atomic E-state index is -3.83. The van der Waals surface area contributed by atoms with Crippen molar-refractivity contribution in [2.45, 2.75) is 70.7 Å². The van der Waals surface area contributed by atoms with E-state index < -0.39 is 32.4 Å². The Bertz CT molecular complexity index is 1310. The highest BCUT2D eigenvalue weighted by molar-refractivity contribution is 7.91. The summed E-state index contributed by atoms with van der Waals surface area (Å²) in [6.45, 7) is 11.6. The lowest BCUT2D eigenvalue weighted by atomic mass is 9.87. The molecule has 2 aromatic carbocycles. The van der Waals surface area contributed by atoms with E-state index in [1.54, 1.807) is 0 Å². The number of sulfonamides is 1. The molecule has 1 aliphatic heterocycles. The molecular formula is C30H42N2O7S. The summed E-state index contributed by atoms with van der Waals surface area (Å²) in [6, 6.07) is 14.2. The summed E-state index contributed by atoms with van der Waals surface area (Å²) in [6.07, 6.45) is 0.879. The fraction of sp³-hybridized carbons (Fsp3) is 0.533. The number of hydrogen-bond acceptors (Lipinski definition) is 7. The number of rotatable bonds is 9. The van der Waals surface area contributed by atoms with E-state index in [-0.39, 0.29) is 5.92 Å². The van der Waals surface area contributed by atoms with Crippen LogP contribution in [0.25, 0.3) is 11.1 Å². The first-order chi connectivity index (χ1) is 18.7. The number of alkyl carbamates (subject to hydrolysis) is 1. The molecule has 0 unspecified atom stereocenters. The summed E-state index contributed by atoms with van der Waals surface area (Å²) in [5.74, 6) is 0.177. The zero-order valence-electron chi connectivity index (χ0n) is 24.6. The van der Waals surface area contributed by atoms with Crippen molar-refractivity contribution in [1.82, 2.24) is 9.62 Å². The standard InChI is InChI=1S/C30H42N2O7S/c1-21-19-23(22-13-16-32(17-14-22)40(35,36)30(5,6)27(33)37-7)11-12-26(21)24-9-8-10-25(20-24)38-18-15-31-28(34)39-29(2,3)4/h8-12,19-20,22H,13-18H2,1-7H3,(H,31,34). The van der Waals surface area contributed by atoms with Crippen LogP contribution in [-0.4, -0.2) is 68.5 Å². The molecule has 1 fully saturated rings. The minimum absolute atomic E-state index is 0.229. The number of methoxy groups -OCH3 is 1. The molecule has 0 saturated carbocycles. The van der Waals surface area contributed by atoms with Gasteiger partial charge in [0.05, 0.1) is 13.7 Å². The van der Waals surface area contributed by atoms with Gasteiger partial charge in [-0.1, -0.05) is 30.3 Å². The number of carbonyl (C=O) groups excluding carboxylic acids is 2. The first-order valence-corrected chi connectivity index (χ1v) is 15.0. The van der Waals surface area contributed by atoms with Gasteiger partial charge < -0.3 is 19.5 Å². The lowest BCUT2D eigenvalue weighted by Crippen LogP contribution is -2.52. The van der Waals surface area contributed by atoms with Crippen LogP contribution in [0.1, 0.15) is 64.5 Å². The van der Waals surface area contributed by atoms with Crippen molar-refractivity contribution in [1.29, 1.82) is 0 Å². The quantitative estimate of drug-likeness (QED) is 0.330. The van der Waals surface area contributed by atoms with E-state index in [1.165, 1.54) is 30.8 Å². The maximum atomic E-state index is 13.1. The number of benzene rings is 2. The number of nitrogens with one attached hydrogen (secondary N) is 1. The van der Waals surface area contributed by atoms with Crippen molar-refractivity contribution in [2.24, 2.45) is 0 Å². The maximum absolute atomic E-state index is 13.1. The molecule has 0 radical (unpaired) electrons. The second-order valence-electron chi connectivity index (χ2n) is 11.6. The SMILES string of the molecule is COC(=O)C(C)(C)S(=O)(=O)N1CCC(c2ccc(-c3cccc(OCCNC(=O)OC(C)(C)C)c3)c(C)c2)CC1. The molecule has 40 heavy (non-hydrogen) atoms. The summed E-state index contributed by atoms with van der Waals surface area (Å²) in [7, 11) is -2.63. The van der Waals surface area contributed by atoms with Gasteiger partial charge in [0.1, 0.15) is 18.0 Å². The summed E-state index contributed by atoms with van der Waals surface area (Å²) in [4.78, 5) is 23.9. The molecule has 9 nitrogen and oxygen atoms in total. The Hall–Kier alpha value is -3.11. The normalized spacial score (nSPS) is 15.4. The third-order valence-corrected chi connectivity index (χ3v) is 9.52. The highest BCUT2D eigenvalue weighted by atomic mass is 32.2. The number of piperidine rings is 1. The number of aryl methyl sites for hydroxylation is 1. The summed E-state index contributed by atoms with van der Waals surface area (Å²) >= 11 is 0. The van der Waals surface area contributed by atoms with E-state index in [0.717, 1.165) is 16.7 Å². The highest BCUT2D eigenvalue weighted by Gasteiger charge is 2.47. The van der Waals surface area contributed by atoms with E-state index in [2.05, 4.69) is 30.4 Å². The van der Waals surface area contributed by atoms with Gasteiger partial charge in [0.15, 0.2) is 4.75 Å². The lowest BCUT2D eigenvalue weighted by Gasteiger charge is -2.35. The highest BCUT2D eigenvalue weighted by Crippen LogP contribution is 2.35. The zero-order chi connectivity index (χ0) is 29.7. The van der Waals surface area contributed by atoms with Crippen molar-refractivity contribution in [3.63, 3.8) is 0 Å². The second kappa shape index (κ2) is 12.6. The Balaban J connectivity index is 1.60. The van der Waals surface area contributed by atoms with Crippen molar-refractivity contribution < 1.29 is 32.2 Å². The number of carbonyl (C=O) groups is 2. The Morgan fingerprint density at radius 3 is 2.30 bits per heavy atom. The van der Waals surface area contributed by atoms with Crippen molar-refractivity contribution in [3.8, 4) is 16.9 Å². The Kier molecular flexibility index (Phi) is 9.89. The van der Waals surface area contributed by atoms with Crippen LogP contribution in [-0.2, 0) is 24.3 Å². The van der Waals surface area contributed by atoms with Gasteiger partial charge in [0, 0.05) is 13.1 Å². The minimum Gasteiger partial charge on any atom is -0.492 e. The van der Waals surface area contributed by atoms with Crippen LogP contribution in [0.4, 0.5) is 4.79 Å². The van der Waals surface area contributed by atoms with Gasteiger partial charge in [-0.2, -0.15) is 0 Å². The number of hydrogen-bond donors (Lipinski definition) is 1. The van der Waals surface area contributed by atoms with Crippen LogP contribution in [0.15, 0.2) is 42.5 Å². The fourth-order valence-corrected chi connectivity index (χ4v) is 6.39. The van der Waals surface area contributed by atoms with Gasteiger partial charge in [0.2, 0.25) is 10.0 Å². The molecular weight excluding hydrogens is 532 g/mol. The van der Waals surface area contributed by atoms with E-state index >= 15 is 0 Å². The Morgan fingerprint density at radius 1 is 1.02 bits per heavy atom. The van der Waals surface area contributed by atoms with Gasteiger partial charge in [0.25, 0.3) is 0 Å². The third-order valence-electron chi connectivity index (χ3n) is 7.02. The lowest BCUT2D eigenvalue weighted by molar-refractivity contribution is -0.142. The first-order valence-electron chi connectivity index (χ1n) is 13.5. The fourth-order valence-electron chi connectivity index (χ4n) is 4.76. The average molecular weight is 575 g/mol. The number of esters is 1. The molecule has 0 aromatic heterocycles. The predicted octanol–water partition coefficient (Wildman–Crippen LogP) is 5.03. The van der Waals surface area contributed by atoms with E-state index in [1.807, 2.05) is 45.0 Å². The van der Waals surface area contributed by atoms with Crippen molar-refractivity contribution in [2.75, 3.05) is 33.4 Å². The van der Waals surface area contributed by atoms with Crippen molar-refractivity contribution >= 4 is 22.1 Å². The molecule has 1 amide bonds. The topological polar surface area (TPSA) is 111 Å². The Labute approximate surface area is 238 Å². The van der Waals surface area contributed by atoms with Crippen molar-refractivity contribution in [3.05, 3.63) is 53.6 Å². The van der Waals surface area contributed by atoms with E-state index in [9.17, 15) is 18.0 Å². The molecule has 2 aromatic rings. The molecule has 0 bridgehead atoms. The van der Waals surface area contributed by atoms with Crippen LogP contribution in [0.2, 0.25) is 0 Å². The summed E-state index contributed by atoms with van der Waals surface area (Å²) < 4.78 is 41.8. The molecule has 220 valence electrons. The van der Waals surface area contributed by atoms with Gasteiger partial charge in [-0.25, -0.2) is 17.5 Å².